The lowest BCUT2D eigenvalue weighted by Gasteiger charge is -1.99. The number of aryl methyl sites for hydroxylation is 1. The summed E-state index contributed by atoms with van der Waals surface area (Å²) in [6.07, 6.45) is 1.90. The molecule has 3 N–H and O–H groups in total. The molecule has 1 aromatic heterocycles. The first kappa shape index (κ1) is 8.13. The summed E-state index contributed by atoms with van der Waals surface area (Å²) in [4.78, 5) is 0. The van der Waals surface area contributed by atoms with E-state index in [0.29, 0.717) is 0 Å². The summed E-state index contributed by atoms with van der Waals surface area (Å²) in [6.45, 7) is 0.0563. The fourth-order valence-electron chi connectivity index (χ4n) is 1.71. The Morgan fingerprint density at radius 2 is 2.23 bits per heavy atom. The summed E-state index contributed by atoms with van der Waals surface area (Å²) in [7, 11) is 1.93. The van der Waals surface area contributed by atoms with Crippen molar-refractivity contribution in [2.75, 3.05) is 5.73 Å². The van der Waals surface area contributed by atoms with E-state index in [1.807, 2.05) is 36.0 Å². The van der Waals surface area contributed by atoms with Crippen LogP contribution < -0.4 is 5.73 Å². The van der Waals surface area contributed by atoms with Crippen LogP contribution in [0.4, 0.5) is 5.69 Å². The summed E-state index contributed by atoms with van der Waals surface area (Å²) in [6, 6.07) is 5.73. The van der Waals surface area contributed by atoms with Gasteiger partial charge in [0, 0.05) is 24.2 Å². The number of hydrogen-bond acceptors (Lipinski definition) is 2. The Bertz CT molecular complexity index is 445. The number of fused-ring (bicyclic) bond motifs is 1. The van der Waals surface area contributed by atoms with E-state index in [1.165, 1.54) is 0 Å². The molecule has 1 aromatic carbocycles. The molecule has 13 heavy (non-hydrogen) atoms. The van der Waals surface area contributed by atoms with Crippen LogP contribution in [0.5, 0.6) is 0 Å². The predicted octanol–water partition coefficient (Wildman–Crippen LogP) is 1.25. The topological polar surface area (TPSA) is 51.2 Å². The third-order valence-corrected chi connectivity index (χ3v) is 2.29. The number of rotatable bonds is 1. The van der Waals surface area contributed by atoms with E-state index < -0.39 is 0 Å². The number of benzene rings is 1. The lowest BCUT2D eigenvalue weighted by atomic mass is 10.1. The van der Waals surface area contributed by atoms with Gasteiger partial charge in [-0.25, -0.2) is 0 Å². The first-order valence-corrected chi connectivity index (χ1v) is 4.17. The van der Waals surface area contributed by atoms with Gasteiger partial charge >= 0.3 is 0 Å². The molecule has 0 aliphatic heterocycles. The van der Waals surface area contributed by atoms with E-state index in [9.17, 15) is 0 Å². The summed E-state index contributed by atoms with van der Waals surface area (Å²) in [5.74, 6) is 0. The summed E-state index contributed by atoms with van der Waals surface area (Å²) in [5.41, 5.74) is 8.49. The molecule has 1 heterocycles. The van der Waals surface area contributed by atoms with E-state index in [1.54, 1.807) is 0 Å². The van der Waals surface area contributed by atoms with Gasteiger partial charge in [0.15, 0.2) is 0 Å². The van der Waals surface area contributed by atoms with Gasteiger partial charge in [0.1, 0.15) is 0 Å². The maximum absolute atomic E-state index is 9.09. The van der Waals surface area contributed by atoms with E-state index >= 15 is 0 Å². The number of para-hydroxylation sites is 1. The Hall–Kier alpha value is -1.48. The minimum Gasteiger partial charge on any atom is -0.397 e. The van der Waals surface area contributed by atoms with Crippen molar-refractivity contribution in [1.82, 2.24) is 4.57 Å². The van der Waals surface area contributed by atoms with Crippen molar-refractivity contribution in [2.45, 2.75) is 6.61 Å². The molecule has 0 saturated carbocycles. The van der Waals surface area contributed by atoms with Gasteiger partial charge in [0.2, 0.25) is 0 Å². The molecule has 68 valence electrons. The second kappa shape index (κ2) is 2.78. The minimum atomic E-state index is 0.0563. The van der Waals surface area contributed by atoms with Gasteiger partial charge in [-0.15, -0.1) is 0 Å². The molecule has 0 fully saturated rings. The van der Waals surface area contributed by atoms with Crippen molar-refractivity contribution in [3.05, 3.63) is 30.0 Å². The Kier molecular flexibility index (Phi) is 1.74. The molecule has 2 rings (SSSR count). The molecular formula is C10H12N2O. The molecule has 3 heteroatoms. The standard InChI is InChI=1S/C10H12N2O/c1-12-5-7(6-13)8-3-2-4-9(11)10(8)12/h2-5,13H,6,11H2,1H3. The Labute approximate surface area is 76.4 Å². The van der Waals surface area contributed by atoms with E-state index in [2.05, 4.69) is 0 Å². The number of nitrogens with two attached hydrogens (primary N) is 1. The van der Waals surface area contributed by atoms with Crippen molar-refractivity contribution in [3.8, 4) is 0 Å². The maximum Gasteiger partial charge on any atom is 0.0715 e. The van der Waals surface area contributed by atoms with Crippen LogP contribution in [-0.2, 0) is 13.7 Å². The molecule has 0 amide bonds. The first-order valence-electron chi connectivity index (χ1n) is 4.17. The largest absolute Gasteiger partial charge is 0.397 e. The Morgan fingerprint density at radius 3 is 2.92 bits per heavy atom. The average Bonchev–Trinajstić information content (AvgIpc) is 2.44. The van der Waals surface area contributed by atoms with Crippen molar-refractivity contribution in [1.29, 1.82) is 0 Å². The second-order valence-corrected chi connectivity index (χ2v) is 3.17. The fourth-order valence-corrected chi connectivity index (χ4v) is 1.71. The molecule has 2 aromatic rings. The average molecular weight is 176 g/mol. The molecule has 3 nitrogen and oxygen atoms in total. The van der Waals surface area contributed by atoms with Gasteiger partial charge < -0.3 is 15.4 Å². The van der Waals surface area contributed by atoms with Gasteiger partial charge in [-0.05, 0) is 6.07 Å². The predicted molar refractivity (Wildman–Crippen MR) is 53.3 cm³/mol. The Balaban J connectivity index is 2.87. The lowest BCUT2D eigenvalue weighted by Crippen LogP contribution is -1.91. The van der Waals surface area contributed by atoms with Gasteiger partial charge in [-0.2, -0.15) is 0 Å². The molecule has 0 saturated heterocycles. The SMILES string of the molecule is Cn1cc(CO)c2cccc(N)c21. The number of aliphatic hydroxyl groups excluding tert-OH is 1. The fraction of sp³-hybridized carbons (Fsp3) is 0.200. The number of aromatic nitrogens is 1. The van der Waals surface area contributed by atoms with Gasteiger partial charge in [0.05, 0.1) is 17.8 Å². The third-order valence-electron chi connectivity index (χ3n) is 2.29. The molecule has 0 aliphatic carbocycles. The summed E-state index contributed by atoms with van der Waals surface area (Å²) >= 11 is 0. The number of aliphatic hydroxyl groups is 1. The quantitative estimate of drug-likeness (QED) is 0.642. The Morgan fingerprint density at radius 1 is 1.46 bits per heavy atom. The van der Waals surface area contributed by atoms with Crippen molar-refractivity contribution < 1.29 is 5.11 Å². The van der Waals surface area contributed by atoms with Crippen LogP contribution in [0, 0.1) is 0 Å². The molecule has 0 radical (unpaired) electrons. The zero-order valence-electron chi connectivity index (χ0n) is 7.49. The van der Waals surface area contributed by atoms with Crippen LogP contribution >= 0.6 is 0 Å². The highest BCUT2D eigenvalue weighted by atomic mass is 16.3. The number of hydrogen-bond donors (Lipinski definition) is 2. The first-order chi connectivity index (χ1) is 6.24. The van der Waals surface area contributed by atoms with Crippen LogP contribution in [0.1, 0.15) is 5.56 Å². The minimum absolute atomic E-state index is 0.0563. The highest BCUT2D eigenvalue weighted by molar-refractivity contribution is 5.93. The zero-order chi connectivity index (χ0) is 9.42. The summed E-state index contributed by atoms with van der Waals surface area (Å²) < 4.78 is 1.94. The molecule has 0 atom stereocenters. The molecule has 0 unspecified atom stereocenters. The van der Waals surface area contributed by atoms with E-state index in [-0.39, 0.29) is 6.61 Å². The van der Waals surface area contributed by atoms with Crippen LogP contribution in [-0.4, -0.2) is 9.67 Å². The van der Waals surface area contributed by atoms with Gasteiger partial charge in [-0.1, -0.05) is 12.1 Å². The molecule has 0 bridgehead atoms. The number of nitrogen functional groups attached to an aromatic ring is 1. The van der Waals surface area contributed by atoms with Crippen molar-refractivity contribution in [3.63, 3.8) is 0 Å². The zero-order valence-corrected chi connectivity index (χ0v) is 7.49. The van der Waals surface area contributed by atoms with Crippen LogP contribution in [0.25, 0.3) is 10.9 Å². The highest BCUT2D eigenvalue weighted by Crippen LogP contribution is 2.25. The van der Waals surface area contributed by atoms with E-state index in [4.69, 9.17) is 10.8 Å². The second-order valence-electron chi connectivity index (χ2n) is 3.17. The van der Waals surface area contributed by atoms with Crippen LogP contribution in [0.15, 0.2) is 24.4 Å². The van der Waals surface area contributed by atoms with Crippen molar-refractivity contribution in [2.24, 2.45) is 7.05 Å². The monoisotopic (exact) mass is 176 g/mol. The maximum atomic E-state index is 9.09. The van der Waals surface area contributed by atoms with Gasteiger partial charge in [0.25, 0.3) is 0 Å². The van der Waals surface area contributed by atoms with Crippen LogP contribution in [0.2, 0.25) is 0 Å². The lowest BCUT2D eigenvalue weighted by molar-refractivity contribution is 0.283. The smallest absolute Gasteiger partial charge is 0.0715 e. The molecule has 0 spiro atoms. The van der Waals surface area contributed by atoms with Crippen molar-refractivity contribution >= 4 is 16.6 Å². The molecular weight excluding hydrogens is 164 g/mol. The third kappa shape index (κ3) is 1.09. The van der Waals surface area contributed by atoms with Gasteiger partial charge in [-0.3, -0.25) is 0 Å². The van der Waals surface area contributed by atoms with E-state index in [0.717, 1.165) is 22.2 Å². The number of anilines is 1. The summed E-state index contributed by atoms with van der Waals surface area (Å²) in [5, 5.41) is 10.1. The highest BCUT2D eigenvalue weighted by Gasteiger charge is 2.06. The number of nitrogens with zero attached hydrogens (tertiary/aromatic N) is 1. The molecule has 0 aliphatic rings. The normalized spacial score (nSPS) is 10.9. The van der Waals surface area contributed by atoms with Crippen LogP contribution in [0.3, 0.4) is 0 Å².